The molecule has 1 aliphatic carbocycles. The van der Waals surface area contributed by atoms with E-state index in [1.54, 1.807) is 0 Å². The minimum absolute atomic E-state index is 0.0455. The van der Waals surface area contributed by atoms with Crippen LogP contribution < -0.4 is 10.7 Å². The Morgan fingerprint density at radius 2 is 1.78 bits per heavy atom. The van der Waals surface area contributed by atoms with Crippen molar-refractivity contribution in [2.24, 2.45) is 17.7 Å². The van der Waals surface area contributed by atoms with Gasteiger partial charge in [-0.1, -0.05) is 29.8 Å². The monoisotopic (exact) mass is 504 g/mol. The number of likely N-dealkylation sites (tertiary alicyclic amines) is 1. The Labute approximate surface area is 200 Å². The Morgan fingerprint density at radius 3 is 2.38 bits per heavy atom. The van der Waals surface area contributed by atoms with E-state index in [9.17, 15) is 9.59 Å². The van der Waals surface area contributed by atoms with Crippen molar-refractivity contribution in [3.8, 4) is 0 Å². The summed E-state index contributed by atoms with van der Waals surface area (Å²) in [6.07, 6.45) is 7.41. The predicted molar refractivity (Wildman–Crippen MR) is 131 cm³/mol. The zero-order valence-electron chi connectivity index (χ0n) is 19.6. The number of hydrogen-bond donors (Lipinski definition) is 1. The molecule has 7 heteroatoms. The molecule has 1 aromatic rings. The molecule has 0 bridgehead atoms. The van der Waals surface area contributed by atoms with Crippen LogP contribution in [0.25, 0.3) is 0 Å². The fraction of sp³-hybridized carbons (Fsp3) is 0.680. The molecule has 1 unspecified atom stereocenters. The fourth-order valence-electron chi connectivity index (χ4n) is 5.98. The molecule has 4 rings (SSSR count). The van der Waals surface area contributed by atoms with Crippen molar-refractivity contribution in [2.75, 3.05) is 25.0 Å². The average molecular weight is 506 g/mol. The topological polar surface area (TPSA) is 69.9 Å². The summed E-state index contributed by atoms with van der Waals surface area (Å²) in [6, 6.07) is 6.90. The van der Waals surface area contributed by atoms with Crippen molar-refractivity contribution >= 4 is 33.4 Å². The van der Waals surface area contributed by atoms with Gasteiger partial charge in [-0.3, -0.25) is 14.6 Å². The molecule has 3 aliphatic rings. The SMILES string of the molecule is CC(C)C1CCC(N2CCC(N3C(=O)C(CC(=O)N(C)N)c4cc(Br)ccc43)CC2)CC1. The third-order valence-electron chi connectivity index (χ3n) is 8.00. The van der Waals surface area contributed by atoms with Crippen LogP contribution in [0.1, 0.15) is 70.3 Å². The lowest BCUT2D eigenvalue weighted by Crippen LogP contribution is -2.50. The van der Waals surface area contributed by atoms with Gasteiger partial charge in [0.25, 0.3) is 0 Å². The van der Waals surface area contributed by atoms with Crippen LogP contribution in [-0.2, 0) is 9.59 Å². The zero-order valence-corrected chi connectivity index (χ0v) is 21.2. The largest absolute Gasteiger partial charge is 0.308 e. The first-order valence-electron chi connectivity index (χ1n) is 12.1. The number of carbonyl (C=O) groups is 2. The summed E-state index contributed by atoms with van der Waals surface area (Å²) >= 11 is 3.53. The highest BCUT2D eigenvalue weighted by Gasteiger charge is 2.43. The highest BCUT2D eigenvalue weighted by molar-refractivity contribution is 9.10. The molecule has 1 saturated heterocycles. The molecule has 2 amide bonds. The third-order valence-corrected chi connectivity index (χ3v) is 8.49. The molecule has 2 heterocycles. The third kappa shape index (κ3) is 4.75. The molecular weight excluding hydrogens is 468 g/mol. The molecule has 2 fully saturated rings. The van der Waals surface area contributed by atoms with Gasteiger partial charge in [0.15, 0.2) is 0 Å². The standard InChI is InChI=1S/C25H37BrN4O2/c1-16(2)17-4-7-19(8-5-17)29-12-10-20(11-13-29)30-23-9-6-18(26)14-21(23)22(25(30)32)15-24(31)28(3)27/h6,9,14,16-17,19-20,22H,4-5,7-8,10-13,15,27H2,1-3H3. The number of benzene rings is 1. The Hall–Kier alpha value is -1.44. The predicted octanol–water partition coefficient (Wildman–Crippen LogP) is 4.28. The average Bonchev–Trinajstić information content (AvgIpc) is 3.04. The van der Waals surface area contributed by atoms with Gasteiger partial charge < -0.3 is 9.80 Å². The number of hydrogen-bond acceptors (Lipinski definition) is 4. The summed E-state index contributed by atoms with van der Waals surface area (Å²) in [5, 5.41) is 1.08. The lowest BCUT2D eigenvalue weighted by Gasteiger charge is -2.43. The lowest BCUT2D eigenvalue weighted by atomic mass is 9.79. The van der Waals surface area contributed by atoms with Gasteiger partial charge in [-0.25, -0.2) is 5.84 Å². The molecule has 176 valence electrons. The molecule has 0 aromatic heterocycles. The molecule has 32 heavy (non-hydrogen) atoms. The van der Waals surface area contributed by atoms with Gasteiger partial charge in [-0.05, 0) is 74.1 Å². The van der Waals surface area contributed by atoms with Crippen molar-refractivity contribution in [3.05, 3.63) is 28.2 Å². The number of hydrazine groups is 1. The van der Waals surface area contributed by atoms with Gasteiger partial charge in [0.1, 0.15) is 0 Å². The van der Waals surface area contributed by atoms with Crippen LogP contribution in [0.2, 0.25) is 0 Å². The maximum atomic E-state index is 13.5. The molecule has 2 aliphatic heterocycles. The number of carbonyl (C=O) groups excluding carboxylic acids is 2. The zero-order chi connectivity index (χ0) is 23.0. The summed E-state index contributed by atoms with van der Waals surface area (Å²) in [7, 11) is 1.53. The number of nitrogens with two attached hydrogens (primary N) is 1. The highest BCUT2D eigenvalue weighted by atomic mass is 79.9. The van der Waals surface area contributed by atoms with E-state index in [0.29, 0.717) is 6.04 Å². The second-order valence-electron chi connectivity index (χ2n) is 10.3. The van der Waals surface area contributed by atoms with E-state index in [4.69, 9.17) is 5.84 Å². The Morgan fingerprint density at radius 1 is 1.12 bits per heavy atom. The van der Waals surface area contributed by atoms with Crippen molar-refractivity contribution in [1.29, 1.82) is 0 Å². The Bertz CT molecular complexity index is 842. The Balaban J connectivity index is 1.43. The van der Waals surface area contributed by atoms with Crippen LogP contribution in [0.5, 0.6) is 0 Å². The molecule has 1 saturated carbocycles. The minimum Gasteiger partial charge on any atom is -0.308 e. The van der Waals surface area contributed by atoms with Gasteiger partial charge in [0.2, 0.25) is 11.8 Å². The number of anilines is 1. The number of piperidine rings is 1. The first-order chi connectivity index (χ1) is 15.3. The number of amides is 2. The number of fused-ring (bicyclic) bond motifs is 1. The fourth-order valence-corrected chi connectivity index (χ4v) is 6.36. The van der Waals surface area contributed by atoms with Gasteiger partial charge in [-0.2, -0.15) is 0 Å². The molecular formula is C25H37BrN4O2. The minimum atomic E-state index is -0.453. The van der Waals surface area contributed by atoms with Gasteiger partial charge in [0, 0.05) is 48.8 Å². The number of rotatable bonds is 5. The molecule has 2 N–H and O–H groups in total. The van der Waals surface area contributed by atoms with E-state index < -0.39 is 5.92 Å². The summed E-state index contributed by atoms with van der Waals surface area (Å²) in [4.78, 5) is 30.5. The summed E-state index contributed by atoms with van der Waals surface area (Å²) in [6.45, 7) is 6.80. The number of nitrogens with zero attached hydrogens (tertiary/aromatic N) is 3. The van der Waals surface area contributed by atoms with Crippen molar-refractivity contribution in [3.63, 3.8) is 0 Å². The summed E-state index contributed by atoms with van der Waals surface area (Å²) in [5.74, 6) is 6.69. The van der Waals surface area contributed by atoms with Crippen LogP contribution in [0.3, 0.4) is 0 Å². The molecule has 6 nitrogen and oxygen atoms in total. The molecule has 1 atom stereocenters. The highest BCUT2D eigenvalue weighted by Crippen LogP contribution is 2.43. The van der Waals surface area contributed by atoms with E-state index >= 15 is 0 Å². The van der Waals surface area contributed by atoms with E-state index in [-0.39, 0.29) is 24.3 Å². The van der Waals surface area contributed by atoms with Crippen molar-refractivity contribution in [2.45, 2.75) is 76.8 Å². The van der Waals surface area contributed by atoms with Crippen LogP contribution in [-0.4, -0.2) is 53.9 Å². The van der Waals surface area contributed by atoms with E-state index in [1.807, 2.05) is 23.1 Å². The van der Waals surface area contributed by atoms with Crippen LogP contribution in [0, 0.1) is 11.8 Å². The maximum absolute atomic E-state index is 13.5. The second-order valence-corrected chi connectivity index (χ2v) is 11.2. The lowest BCUT2D eigenvalue weighted by molar-refractivity contribution is -0.133. The summed E-state index contributed by atoms with van der Waals surface area (Å²) in [5.41, 5.74) is 1.90. The first kappa shape index (κ1) is 23.7. The summed E-state index contributed by atoms with van der Waals surface area (Å²) < 4.78 is 0.927. The smallest absolute Gasteiger partial charge is 0.237 e. The normalized spacial score (nSPS) is 27.1. The maximum Gasteiger partial charge on any atom is 0.237 e. The van der Waals surface area contributed by atoms with E-state index in [2.05, 4.69) is 34.7 Å². The van der Waals surface area contributed by atoms with E-state index in [1.165, 1.54) is 32.7 Å². The molecule has 1 aromatic carbocycles. The Kier molecular flexibility index (Phi) is 7.27. The van der Waals surface area contributed by atoms with Gasteiger partial charge in [0.05, 0.1) is 5.92 Å². The number of halogens is 1. The van der Waals surface area contributed by atoms with Gasteiger partial charge in [-0.15, -0.1) is 0 Å². The van der Waals surface area contributed by atoms with Crippen LogP contribution in [0.15, 0.2) is 22.7 Å². The molecule has 0 radical (unpaired) electrons. The van der Waals surface area contributed by atoms with Crippen molar-refractivity contribution < 1.29 is 9.59 Å². The van der Waals surface area contributed by atoms with Gasteiger partial charge >= 0.3 is 0 Å². The molecule has 0 spiro atoms. The quantitative estimate of drug-likeness (QED) is 0.369. The van der Waals surface area contributed by atoms with Crippen LogP contribution >= 0.6 is 15.9 Å². The second kappa shape index (κ2) is 9.82. The first-order valence-corrected chi connectivity index (χ1v) is 12.9. The van der Waals surface area contributed by atoms with E-state index in [0.717, 1.165) is 58.5 Å². The van der Waals surface area contributed by atoms with Crippen LogP contribution in [0.4, 0.5) is 5.69 Å². The van der Waals surface area contributed by atoms with Crippen molar-refractivity contribution in [1.82, 2.24) is 9.91 Å².